The van der Waals surface area contributed by atoms with E-state index < -0.39 is 0 Å². The minimum Gasteiger partial charge on any atom is -0.490 e. The molecule has 1 heterocycles. The van der Waals surface area contributed by atoms with E-state index in [9.17, 15) is 4.79 Å². The molecule has 3 aromatic rings. The number of ether oxygens (including phenoxy) is 2. The largest absolute Gasteiger partial charge is 0.490 e. The number of aryl methyl sites for hydroxylation is 1. The molecule has 0 aliphatic heterocycles. The summed E-state index contributed by atoms with van der Waals surface area (Å²) in [5, 5.41) is 3.90. The number of hydrogen-bond acceptors (Lipinski definition) is 5. The monoisotopic (exact) mass is 410 g/mol. The molecule has 1 amide bonds. The lowest BCUT2D eigenvalue weighted by Crippen LogP contribution is -2.25. The van der Waals surface area contributed by atoms with Crippen LogP contribution in [0.3, 0.4) is 0 Å². The van der Waals surface area contributed by atoms with Crippen molar-refractivity contribution in [3.8, 4) is 22.8 Å². The van der Waals surface area contributed by atoms with E-state index in [2.05, 4.69) is 10.3 Å². The maximum absolute atomic E-state index is 12.8. The van der Waals surface area contributed by atoms with Crippen LogP contribution in [0, 0.1) is 6.92 Å². The number of nitrogens with zero attached hydrogens (tertiary/aromatic N) is 1. The molecule has 0 atom stereocenters. The number of benzene rings is 2. The first-order chi connectivity index (χ1) is 14.1. The van der Waals surface area contributed by atoms with Crippen molar-refractivity contribution in [2.75, 3.05) is 19.8 Å². The normalized spacial score (nSPS) is 10.6. The van der Waals surface area contributed by atoms with E-state index in [1.165, 1.54) is 11.3 Å². The molecule has 0 unspecified atom stereocenters. The Balaban J connectivity index is 1.66. The Hall–Kier alpha value is -2.86. The third-order valence-electron chi connectivity index (χ3n) is 4.29. The molecule has 0 radical (unpaired) electrons. The van der Waals surface area contributed by atoms with Gasteiger partial charge in [-0.05, 0) is 44.9 Å². The van der Waals surface area contributed by atoms with E-state index in [1.54, 1.807) is 0 Å². The van der Waals surface area contributed by atoms with Crippen LogP contribution in [0.25, 0.3) is 11.3 Å². The average Bonchev–Trinajstić information content (AvgIpc) is 3.13. The lowest BCUT2D eigenvalue weighted by molar-refractivity contribution is 0.0958. The highest BCUT2D eigenvalue weighted by Crippen LogP contribution is 2.29. The van der Waals surface area contributed by atoms with E-state index in [4.69, 9.17) is 9.47 Å². The molecule has 0 aliphatic rings. The summed E-state index contributed by atoms with van der Waals surface area (Å²) in [6, 6.07) is 15.7. The zero-order chi connectivity index (χ0) is 20.6. The van der Waals surface area contributed by atoms with Crippen LogP contribution in [0.5, 0.6) is 11.5 Å². The minimum absolute atomic E-state index is 0.0922. The molecule has 1 N–H and O–H groups in total. The molecule has 0 saturated heterocycles. The highest BCUT2D eigenvalue weighted by molar-refractivity contribution is 7.14. The summed E-state index contributed by atoms with van der Waals surface area (Å²) in [6.45, 7) is 7.52. The topological polar surface area (TPSA) is 60.5 Å². The summed E-state index contributed by atoms with van der Waals surface area (Å²) >= 11 is 1.42. The molecule has 29 heavy (non-hydrogen) atoms. The van der Waals surface area contributed by atoms with Gasteiger partial charge in [0.15, 0.2) is 11.5 Å². The zero-order valence-electron chi connectivity index (χ0n) is 17.0. The van der Waals surface area contributed by atoms with E-state index in [0.717, 1.165) is 33.3 Å². The molecule has 152 valence electrons. The lowest BCUT2D eigenvalue weighted by atomic mass is 10.1. The summed E-state index contributed by atoms with van der Waals surface area (Å²) in [4.78, 5) is 18.0. The van der Waals surface area contributed by atoms with Gasteiger partial charge < -0.3 is 14.8 Å². The molecule has 3 rings (SSSR count). The molecule has 0 saturated carbocycles. The molecule has 1 aromatic heterocycles. The third kappa shape index (κ3) is 5.35. The second-order valence-corrected chi connectivity index (χ2v) is 7.63. The van der Waals surface area contributed by atoms with Crippen LogP contribution in [0.2, 0.25) is 0 Å². The lowest BCUT2D eigenvalue weighted by Gasteiger charge is -2.12. The fourth-order valence-electron chi connectivity index (χ4n) is 3.02. The van der Waals surface area contributed by atoms with Gasteiger partial charge in [-0.25, -0.2) is 4.98 Å². The van der Waals surface area contributed by atoms with E-state index in [1.807, 2.05) is 69.3 Å². The van der Waals surface area contributed by atoms with Crippen LogP contribution in [-0.2, 0) is 6.42 Å². The van der Waals surface area contributed by atoms with Crippen molar-refractivity contribution >= 4 is 17.2 Å². The van der Waals surface area contributed by atoms with Crippen molar-refractivity contribution in [3.05, 3.63) is 64.0 Å². The van der Waals surface area contributed by atoms with Gasteiger partial charge in [-0.1, -0.05) is 36.4 Å². The van der Waals surface area contributed by atoms with Gasteiger partial charge in [0.2, 0.25) is 0 Å². The van der Waals surface area contributed by atoms with Crippen molar-refractivity contribution in [2.45, 2.75) is 27.2 Å². The Labute approximate surface area is 175 Å². The van der Waals surface area contributed by atoms with Crippen molar-refractivity contribution in [1.82, 2.24) is 10.3 Å². The van der Waals surface area contributed by atoms with E-state index in [-0.39, 0.29) is 5.91 Å². The van der Waals surface area contributed by atoms with Crippen LogP contribution in [0.4, 0.5) is 0 Å². The molecular weight excluding hydrogens is 384 g/mol. The third-order valence-corrected chi connectivity index (χ3v) is 5.26. The number of hydrogen-bond donors (Lipinski definition) is 1. The average molecular weight is 411 g/mol. The molecule has 0 fully saturated rings. The molecular formula is C23H26N2O3S. The van der Waals surface area contributed by atoms with E-state index >= 15 is 0 Å². The van der Waals surface area contributed by atoms with Gasteiger partial charge in [0, 0.05) is 12.1 Å². The molecule has 0 spiro atoms. The Morgan fingerprint density at radius 2 is 1.76 bits per heavy atom. The quantitative estimate of drug-likeness (QED) is 0.546. The van der Waals surface area contributed by atoms with Crippen molar-refractivity contribution in [2.24, 2.45) is 0 Å². The summed E-state index contributed by atoms with van der Waals surface area (Å²) in [7, 11) is 0. The number of aromatic nitrogens is 1. The van der Waals surface area contributed by atoms with Gasteiger partial charge >= 0.3 is 0 Å². The molecule has 5 nitrogen and oxygen atoms in total. The van der Waals surface area contributed by atoms with Crippen LogP contribution < -0.4 is 14.8 Å². The first kappa shape index (κ1) is 20.9. The van der Waals surface area contributed by atoms with Crippen LogP contribution in [-0.4, -0.2) is 30.6 Å². The number of rotatable bonds is 9. The van der Waals surface area contributed by atoms with Gasteiger partial charge in [0.25, 0.3) is 5.91 Å². The van der Waals surface area contributed by atoms with Crippen molar-refractivity contribution in [1.29, 1.82) is 0 Å². The summed E-state index contributed by atoms with van der Waals surface area (Å²) in [6.07, 6.45) is 0.705. The predicted molar refractivity (Wildman–Crippen MR) is 117 cm³/mol. The van der Waals surface area contributed by atoms with Gasteiger partial charge in [-0.3, -0.25) is 4.79 Å². The van der Waals surface area contributed by atoms with Crippen LogP contribution in [0.15, 0.2) is 48.5 Å². The standard InChI is InChI=1S/C23H26N2O3S/c1-4-27-19-12-11-17(15-20(19)28-5-2)13-14-24-23(26)22-21(25-16(3)29-22)18-9-7-6-8-10-18/h6-12,15H,4-5,13-14H2,1-3H3,(H,24,26). The Morgan fingerprint density at radius 1 is 1.03 bits per heavy atom. The number of carbonyl (C=O) groups excluding carboxylic acids is 1. The fraction of sp³-hybridized carbons (Fsp3) is 0.304. The Bertz CT molecular complexity index is 954. The molecule has 0 aliphatic carbocycles. The van der Waals surface area contributed by atoms with Crippen LogP contribution in [0.1, 0.15) is 34.1 Å². The number of nitrogens with one attached hydrogen (secondary N) is 1. The smallest absolute Gasteiger partial charge is 0.263 e. The maximum Gasteiger partial charge on any atom is 0.263 e. The summed E-state index contributed by atoms with van der Waals surface area (Å²) < 4.78 is 11.3. The minimum atomic E-state index is -0.0922. The summed E-state index contributed by atoms with van der Waals surface area (Å²) in [5.41, 5.74) is 2.78. The highest BCUT2D eigenvalue weighted by atomic mass is 32.1. The van der Waals surface area contributed by atoms with Gasteiger partial charge in [-0.2, -0.15) is 0 Å². The number of amides is 1. The first-order valence-electron chi connectivity index (χ1n) is 9.82. The van der Waals surface area contributed by atoms with Gasteiger partial charge in [0.1, 0.15) is 4.88 Å². The Kier molecular flexibility index (Phi) is 7.25. The summed E-state index contributed by atoms with van der Waals surface area (Å²) in [5.74, 6) is 1.39. The molecule has 6 heteroatoms. The molecule has 2 aromatic carbocycles. The first-order valence-corrected chi connectivity index (χ1v) is 10.6. The van der Waals surface area contributed by atoms with Gasteiger partial charge in [-0.15, -0.1) is 11.3 Å². The zero-order valence-corrected chi connectivity index (χ0v) is 17.8. The SMILES string of the molecule is CCOc1ccc(CCNC(=O)c2sc(C)nc2-c2ccccc2)cc1OCC. The number of thiazole rings is 1. The Morgan fingerprint density at radius 3 is 2.48 bits per heavy atom. The van der Waals surface area contributed by atoms with Crippen molar-refractivity contribution in [3.63, 3.8) is 0 Å². The second kappa shape index (κ2) is 10.1. The van der Waals surface area contributed by atoms with Gasteiger partial charge in [0.05, 0.1) is 23.9 Å². The highest BCUT2D eigenvalue weighted by Gasteiger charge is 2.18. The predicted octanol–water partition coefficient (Wildman–Crippen LogP) is 4.89. The van der Waals surface area contributed by atoms with E-state index in [0.29, 0.717) is 31.1 Å². The second-order valence-electron chi connectivity index (χ2n) is 6.43. The number of carbonyl (C=O) groups is 1. The van der Waals surface area contributed by atoms with Crippen LogP contribution >= 0.6 is 11.3 Å². The maximum atomic E-state index is 12.8. The fourth-order valence-corrected chi connectivity index (χ4v) is 3.88. The molecule has 0 bridgehead atoms. The van der Waals surface area contributed by atoms with Crippen molar-refractivity contribution < 1.29 is 14.3 Å².